The van der Waals surface area contributed by atoms with Gasteiger partial charge in [0.25, 0.3) is 5.69 Å². The summed E-state index contributed by atoms with van der Waals surface area (Å²) in [6.45, 7) is 8.32. The van der Waals surface area contributed by atoms with Crippen LogP contribution >= 0.6 is 0 Å². The molecule has 0 radical (unpaired) electrons. The fourth-order valence-corrected chi connectivity index (χ4v) is 2.54. The summed E-state index contributed by atoms with van der Waals surface area (Å²) >= 11 is 0. The summed E-state index contributed by atoms with van der Waals surface area (Å²) in [5.74, 6) is 0.411. The van der Waals surface area contributed by atoms with E-state index >= 15 is 0 Å². The highest BCUT2D eigenvalue weighted by molar-refractivity contribution is 6.10. The molecule has 2 aromatic rings. The molecule has 0 aromatic heterocycles. The second kappa shape index (κ2) is 6.73. The Hall–Kier alpha value is -2.49. The second-order valence-electron chi connectivity index (χ2n) is 6.29. The Morgan fingerprint density at radius 1 is 1.00 bits per heavy atom. The number of carbonyl (C=O) groups excluding carboxylic acids is 1. The molecule has 0 bridgehead atoms. The number of non-ortho nitro benzene ring substituents is 1. The average molecular weight is 311 g/mol. The van der Waals surface area contributed by atoms with Crippen LogP contribution in [0.1, 0.15) is 66.6 Å². The van der Waals surface area contributed by atoms with Crippen LogP contribution in [0.3, 0.4) is 0 Å². The zero-order chi connectivity index (χ0) is 17.1. The van der Waals surface area contributed by atoms with Gasteiger partial charge < -0.3 is 0 Å². The van der Waals surface area contributed by atoms with Crippen molar-refractivity contribution >= 4 is 11.5 Å². The van der Waals surface area contributed by atoms with Gasteiger partial charge in [0.1, 0.15) is 0 Å². The summed E-state index contributed by atoms with van der Waals surface area (Å²) < 4.78 is 0. The fourth-order valence-electron chi connectivity index (χ4n) is 2.54. The van der Waals surface area contributed by atoms with Gasteiger partial charge in [-0.3, -0.25) is 14.9 Å². The van der Waals surface area contributed by atoms with Crippen LogP contribution in [0.25, 0.3) is 0 Å². The number of ketones is 1. The van der Waals surface area contributed by atoms with Gasteiger partial charge in [-0.2, -0.15) is 0 Å². The first-order chi connectivity index (χ1) is 10.8. The predicted molar refractivity (Wildman–Crippen MR) is 91.1 cm³/mol. The molecule has 0 aliphatic carbocycles. The maximum atomic E-state index is 12.8. The smallest absolute Gasteiger partial charge is 0.270 e. The molecule has 0 atom stereocenters. The molecule has 23 heavy (non-hydrogen) atoms. The van der Waals surface area contributed by atoms with E-state index in [2.05, 4.69) is 19.9 Å². The summed E-state index contributed by atoms with van der Waals surface area (Å²) in [5.41, 5.74) is 3.06. The molecule has 0 N–H and O–H groups in total. The van der Waals surface area contributed by atoms with E-state index < -0.39 is 4.92 Å². The van der Waals surface area contributed by atoms with E-state index in [9.17, 15) is 14.9 Å². The lowest BCUT2D eigenvalue weighted by atomic mass is 9.88. The number of hydrogen-bond donors (Lipinski definition) is 0. The summed E-state index contributed by atoms with van der Waals surface area (Å²) in [6, 6.07) is 11.8. The minimum absolute atomic E-state index is 0.0688. The van der Waals surface area contributed by atoms with Gasteiger partial charge in [0.05, 0.1) is 4.92 Å². The SMILES string of the molecule is CC(C)c1ccc(C(=O)c2cccc([N+](=O)[O-])c2)c(C(C)C)c1. The Kier molecular flexibility index (Phi) is 4.94. The third-order valence-electron chi connectivity index (χ3n) is 3.93. The van der Waals surface area contributed by atoms with Crippen molar-refractivity contribution in [3.63, 3.8) is 0 Å². The van der Waals surface area contributed by atoms with Gasteiger partial charge in [0, 0.05) is 23.3 Å². The molecule has 4 nitrogen and oxygen atoms in total. The highest BCUT2D eigenvalue weighted by atomic mass is 16.6. The Morgan fingerprint density at radius 3 is 2.26 bits per heavy atom. The summed E-state index contributed by atoms with van der Waals surface area (Å²) in [5, 5.41) is 10.9. The van der Waals surface area contributed by atoms with Crippen molar-refractivity contribution in [2.24, 2.45) is 0 Å². The molecule has 0 fully saturated rings. The maximum absolute atomic E-state index is 12.8. The van der Waals surface area contributed by atoms with Crippen LogP contribution in [0.15, 0.2) is 42.5 Å². The van der Waals surface area contributed by atoms with Crippen LogP contribution in [0.4, 0.5) is 5.69 Å². The first-order valence-corrected chi connectivity index (χ1v) is 7.74. The maximum Gasteiger partial charge on any atom is 0.270 e. The molecule has 0 spiro atoms. The van der Waals surface area contributed by atoms with Crippen molar-refractivity contribution in [3.05, 3.63) is 74.8 Å². The lowest BCUT2D eigenvalue weighted by Crippen LogP contribution is -2.08. The average Bonchev–Trinajstić information content (AvgIpc) is 2.53. The molecular formula is C19H21NO3. The summed E-state index contributed by atoms with van der Waals surface area (Å²) in [7, 11) is 0. The Bertz CT molecular complexity index is 748. The Balaban J connectivity index is 2.50. The highest BCUT2D eigenvalue weighted by Crippen LogP contribution is 2.27. The number of benzene rings is 2. The number of rotatable bonds is 5. The van der Waals surface area contributed by atoms with Crippen LogP contribution in [0.2, 0.25) is 0 Å². The van der Waals surface area contributed by atoms with E-state index in [0.717, 1.165) is 5.56 Å². The number of nitro groups is 1. The molecule has 0 unspecified atom stereocenters. The number of hydrogen-bond acceptors (Lipinski definition) is 3. The van der Waals surface area contributed by atoms with Gasteiger partial charge >= 0.3 is 0 Å². The van der Waals surface area contributed by atoms with Gasteiger partial charge in [-0.15, -0.1) is 0 Å². The van der Waals surface area contributed by atoms with Crippen molar-refractivity contribution in [2.75, 3.05) is 0 Å². The van der Waals surface area contributed by atoms with E-state index in [1.165, 1.54) is 17.7 Å². The zero-order valence-corrected chi connectivity index (χ0v) is 13.9. The predicted octanol–water partition coefficient (Wildman–Crippen LogP) is 5.07. The minimum Gasteiger partial charge on any atom is -0.289 e. The third-order valence-corrected chi connectivity index (χ3v) is 3.93. The lowest BCUT2D eigenvalue weighted by Gasteiger charge is -2.15. The number of nitro benzene ring substituents is 1. The van der Waals surface area contributed by atoms with Gasteiger partial charge in [-0.25, -0.2) is 0 Å². The molecule has 0 saturated carbocycles. The van der Waals surface area contributed by atoms with Crippen LogP contribution in [-0.2, 0) is 0 Å². The highest BCUT2D eigenvalue weighted by Gasteiger charge is 2.18. The molecule has 0 aliphatic heterocycles. The zero-order valence-electron chi connectivity index (χ0n) is 13.9. The van der Waals surface area contributed by atoms with Gasteiger partial charge in [0.15, 0.2) is 5.78 Å². The molecule has 4 heteroatoms. The molecule has 2 rings (SSSR count). The van der Waals surface area contributed by atoms with Crippen LogP contribution in [0, 0.1) is 10.1 Å². The van der Waals surface area contributed by atoms with E-state index in [1.807, 2.05) is 26.0 Å². The molecule has 0 amide bonds. The normalized spacial score (nSPS) is 11.0. The van der Waals surface area contributed by atoms with Gasteiger partial charge in [-0.05, 0) is 23.0 Å². The molecule has 0 saturated heterocycles. The largest absolute Gasteiger partial charge is 0.289 e. The van der Waals surface area contributed by atoms with Crippen molar-refractivity contribution in [1.82, 2.24) is 0 Å². The summed E-state index contributed by atoms with van der Waals surface area (Å²) in [4.78, 5) is 23.2. The minimum atomic E-state index is -0.484. The quantitative estimate of drug-likeness (QED) is 0.440. The first kappa shape index (κ1) is 16.9. The van der Waals surface area contributed by atoms with E-state index in [4.69, 9.17) is 0 Å². The number of nitrogens with zero attached hydrogens (tertiary/aromatic N) is 1. The van der Waals surface area contributed by atoms with Gasteiger partial charge in [0.2, 0.25) is 0 Å². The Labute approximate surface area is 136 Å². The monoisotopic (exact) mass is 311 g/mol. The molecule has 120 valence electrons. The Morgan fingerprint density at radius 2 is 1.70 bits per heavy atom. The first-order valence-electron chi connectivity index (χ1n) is 7.74. The van der Waals surface area contributed by atoms with Gasteiger partial charge in [-0.1, -0.05) is 58.0 Å². The fraction of sp³-hybridized carbons (Fsp3) is 0.316. The van der Waals surface area contributed by atoms with Crippen molar-refractivity contribution in [1.29, 1.82) is 0 Å². The molecule has 2 aromatic carbocycles. The molecular weight excluding hydrogens is 290 g/mol. The lowest BCUT2D eigenvalue weighted by molar-refractivity contribution is -0.384. The number of carbonyl (C=O) groups is 1. The van der Waals surface area contributed by atoms with E-state index in [0.29, 0.717) is 17.0 Å². The van der Waals surface area contributed by atoms with Crippen LogP contribution in [0.5, 0.6) is 0 Å². The van der Waals surface area contributed by atoms with Crippen molar-refractivity contribution in [2.45, 2.75) is 39.5 Å². The van der Waals surface area contributed by atoms with Crippen molar-refractivity contribution < 1.29 is 9.72 Å². The molecule has 0 aliphatic rings. The molecule has 0 heterocycles. The van der Waals surface area contributed by atoms with Crippen LogP contribution < -0.4 is 0 Å². The van der Waals surface area contributed by atoms with Crippen LogP contribution in [-0.4, -0.2) is 10.7 Å². The summed E-state index contributed by atoms with van der Waals surface area (Å²) in [6.07, 6.45) is 0. The topological polar surface area (TPSA) is 60.2 Å². The van der Waals surface area contributed by atoms with E-state index in [-0.39, 0.29) is 17.4 Å². The second-order valence-corrected chi connectivity index (χ2v) is 6.29. The van der Waals surface area contributed by atoms with Crippen molar-refractivity contribution in [3.8, 4) is 0 Å². The standard InChI is InChI=1S/C19H21NO3/c1-12(2)14-8-9-17(18(11-14)13(3)4)19(21)15-6-5-7-16(10-15)20(22)23/h5-13H,1-4H3. The third kappa shape index (κ3) is 3.65. The van der Waals surface area contributed by atoms with E-state index in [1.54, 1.807) is 12.1 Å².